The number of hydrogen-bond acceptors (Lipinski definition) is 3. The van der Waals surface area contributed by atoms with Gasteiger partial charge in [0.15, 0.2) is 0 Å². The van der Waals surface area contributed by atoms with Crippen LogP contribution in [0.4, 0.5) is 0 Å². The Morgan fingerprint density at radius 3 is 2.45 bits per heavy atom. The minimum absolute atomic E-state index is 0.141. The van der Waals surface area contributed by atoms with E-state index < -0.39 is 0 Å². The Kier molecular flexibility index (Phi) is 4.88. The molecule has 0 aliphatic rings. The number of rotatable bonds is 5. The van der Waals surface area contributed by atoms with Gasteiger partial charge in [-0.15, -0.1) is 0 Å². The Bertz CT molecular complexity index is 586. The molecule has 2 aromatic carbocycles. The van der Waals surface area contributed by atoms with Crippen molar-refractivity contribution in [2.75, 3.05) is 14.2 Å². The highest BCUT2D eigenvalue weighted by Gasteiger charge is 2.12. The minimum Gasteiger partial charge on any atom is -0.496 e. The first-order valence-corrected chi connectivity index (χ1v) is 6.74. The zero-order valence-electron chi connectivity index (χ0n) is 11.6. The Balaban J connectivity index is 2.21. The summed E-state index contributed by atoms with van der Waals surface area (Å²) in [6, 6.07) is 13.3. The van der Waals surface area contributed by atoms with Crippen molar-refractivity contribution in [1.82, 2.24) is 0 Å². The molecule has 0 heterocycles. The summed E-state index contributed by atoms with van der Waals surface area (Å²) < 4.78 is 10.6. The number of ether oxygens (including phenoxy) is 2. The summed E-state index contributed by atoms with van der Waals surface area (Å²) in [5.74, 6) is 1.49. The van der Waals surface area contributed by atoms with Crippen LogP contribution in [0, 0.1) is 0 Å². The Hall–Kier alpha value is -1.71. The molecule has 0 bridgehead atoms. The van der Waals surface area contributed by atoms with Gasteiger partial charge in [0.2, 0.25) is 0 Å². The monoisotopic (exact) mass is 291 g/mol. The number of methoxy groups -OCH3 is 2. The van der Waals surface area contributed by atoms with Gasteiger partial charge in [-0.3, -0.25) is 0 Å². The van der Waals surface area contributed by atoms with Gasteiger partial charge in [0.25, 0.3) is 0 Å². The zero-order valence-corrected chi connectivity index (χ0v) is 12.4. The third kappa shape index (κ3) is 3.24. The smallest absolute Gasteiger partial charge is 0.137 e. The van der Waals surface area contributed by atoms with Gasteiger partial charge in [0, 0.05) is 6.04 Å². The van der Waals surface area contributed by atoms with Gasteiger partial charge >= 0.3 is 0 Å². The fraction of sp³-hybridized carbons (Fsp3) is 0.250. The van der Waals surface area contributed by atoms with Gasteiger partial charge in [0.05, 0.1) is 19.2 Å². The summed E-state index contributed by atoms with van der Waals surface area (Å²) >= 11 is 6.02. The number of halogens is 1. The molecule has 0 aliphatic heterocycles. The minimum atomic E-state index is -0.141. The maximum absolute atomic E-state index is 6.27. The third-order valence-electron chi connectivity index (χ3n) is 3.24. The zero-order chi connectivity index (χ0) is 14.5. The van der Waals surface area contributed by atoms with E-state index in [1.807, 2.05) is 36.4 Å². The summed E-state index contributed by atoms with van der Waals surface area (Å²) in [5.41, 5.74) is 8.33. The van der Waals surface area contributed by atoms with E-state index in [2.05, 4.69) is 0 Å². The number of para-hydroxylation sites is 1. The van der Waals surface area contributed by atoms with E-state index >= 15 is 0 Å². The Morgan fingerprint density at radius 1 is 1.05 bits per heavy atom. The number of benzene rings is 2. The van der Waals surface area contributed by atoms with Gasteiger partial charge in [-0.05, 0) is 35.7 Å². The van der Waals surface area contributed by atoms with Gasteiger partial charge in [-0.25, -0.2) is 0 Å². The fourth-order valence-corrected chi connectivity index (χ4v) is 2.33. The second-order valence-electron chi connectivity index (χ2n) is 4.52. The highest BCUT2D eigenvalue weighted by Crippen LogP contribution is 2.29. The molecule has 0 fully saturated rings. The van der Waals surface area contributed by atoms with Crippen LogP contribution in [0.2, 0.25) is 5.02 Å². The normalized spacial score (nSPS) is 12.0. The van der Waals surface area contributed by atoms with Gasteiger partial charge < -0.3 is 15.2 Å². The van der Waals surface area contributed by atoms with E-state index in [1.54, 1.807) is 20.3 Å². The first kappa shape index (κ1) is 14.7. The Labute approximate surface area is 124 Å². The first-order chi connectivity index (χ1) is 9.65. The molecule has 0 aromatic heterocycles. The lowest BCUT2D eigenvalue weighted by Crippen LogP contribution is -2.14. The summed E-state index contributed by atoms with van der Waals surface area (Å²) in [6.07, 6.45) is 0.689. The lowest BCUT2D eigenvalue weighted by atomic mass is 9.99. The standard InChI is InChI=1S/C16H18ClNO2/c1-19-15-6-4-3-5-12(15)9-14(18)11-7-8-13(17)16(10-11)20-2/h3-8,10,14H,9,18H2,1-2H3. The van der Waals surface area contributed by atoms with Crippen LogP contribution in [0.1, 0.15) is 17.2 Å². The van der Waals surface area contributed by atoms with Crippen LogP contribution in [0.15, 0.2) is 42.5 Å². The van der Waals surface area contributed by atoms with E-state index in [0.29, 0.717) is 17.2 Å². The molecule has 106 valence electrons. The maximum atomic E-state index is 6.27. The summed E-state index contributed by atoms with van der Waals surface area (Å²) in [6.45, 7) is 0. The predicted octanol–water partition coefficient (Wildman–Crippen LogP) is 3.60. The second-order valence-corrected chi connectivity index (χ2v) is 4.92. The van der Waals surface area contributed by atoms with Crippen molar-refractivity contribution < 1.29 is 9.47 Å². The van der Waals surface area contributed by atoms with Crippen LogP contribution in [0.3, 0.4) is 0 Å². The molecular formula is C16H18ClNO2. The SMILES string of the molecule is COc1cc(C(N)Cc2ccccc2OC)ccc1Cl. The van der Waals surface area contributed by atoms with E-state index in [9.17, 15) is 0 Å². The van der Waals surface area contributed by atoms with E-state index in [1.165, 1.54) is 0 Å². The molecule has 0 spiro atoms. The summed E-state index contributed by atoms with van der Waals surface area (Å²) in [7, 11) is 3.26. The van der Waals surface area contributed by atoms with Crippen molar-refractivity contribution in [3.05, 3.63) is 58.6 Å². The van der Waals surface area contributed by atoms with Gasteiger partial charge in [-0.2, -0.15) is 0 Å². The molecule has 2 aromatic rings. The van der Waals surface area contributed by atoms with E-state index in [4.69, 9.17) is 26.8 Å². The average molecular weight is 292 g/mol. The van der Waals surface area contributed by atoms with Crippen LogP contribution in [0.5, 0.6) is 11.5 Å². The lowest BCUT2D eigenvalue weighted by Gasteiger charge is -2.15. The quantitative estimate of drug-likeness (QED) is 0.915. The molecule has 2 N–H and O–H groups in total. The van der Waals surface area contributed by atoms with Crippen molar-refractivity contribution in [1.29, 1.82) is 0 Å². The molecule has 20 heavy (non-hydrogen) atoms. The average Bonchev–Trinajstić information content (AvgIpc) is 2.48. The predicted molar refractivity (Wildman–Crippen MR) is 81.6 cm³/mol. The molecule has 0 saturated heterocycles. The molecule has 3 nitrogen and oxygen atoms in total. The van der Waals surface area contributed by atoms with Crippen LogP contribution in [0.25, 0.3) is 0 Å². The number of nitrogens with two attached hydrogens (primary N) is 1. The van der Waals surface area contributed by atoms with Gasteiger partial charge in [-0.1, -0.05) is 35.9 Å². The van der Waals surface area contributed by atoms with Crippen LogP contribution in [-0.2, 0) is 6.42 Å². The molecule has 0 saturated carbocycles. The molecule has 2 rings (SSSR count). The summed E-state index contributed by atoms with van der Waals surface area (Å²) in [4.78, 5) is 0. The molecular weight excluding hydrogens is 274 g/mol. The highest BCUT2D eigenvalue weighted by atomic mass is 35.5. The van der Waals surface area contributed by atoms with E-state index in [-0.39, 0.29) is 6.04 Å². The lowest BCUT2D eigenvalue weighted by molar-refractivity contribution is 0.407. The van der Waals surface area contributed by atoms with E-state index in [0.717, 1.165) is 16.9 Å². The number of hydrogen-bond donors (Lipinski definition) is 1. The van der Waals surface area contributed by atoms with Crippen molar-refractivity contribution >= 4 is 11.6 Å². The molecule has 4 heteroatoms. The highest BCUT2D eigenvalue weighted by molar-refractivity contribution is 6.32. The fourth-order valence-electron chi connectivity index (χ4n) is 2.13. The van der Waals surface area contributed by atoms with Crippen molar-refractivity contribution in [2.24, 2.45) is 5.73 Å². The van der Waals surface area contributed by atoms with Crippen molar-refractivity contribution in [3.63, 3.8) is 0 Å². The van der Waals surface area contributed by atoms with Crippen molar-refractivity contribution in [3.8, 4) is 11.5 Å². The second kappa shape index (κ2) is 6.64. The summed E-state index contributed by atoms with van der Waals surface area (Å²) in [5, 5.41) is 0.584. The van der Waals surface area contributed by atoms with Crippen LogP contribution < -0.4 is 15.2 Å². The molecule has 0 amide bonds. The maximum Gasteiger partial charge on any atom is 0.137 e. The largest absolute Gasteiger partial charge is 0.496 e. The molecule has 0 radical (unpaired) electrons. The van der Waals surface area contributed by atoms with Crippen molar-refractivity contribution in [2.45, 2.75) is 12.5 Å². The molecule has 1 atom stereocenters. The molecule has 0 aliphatic carbocycles. The first-order valence-electron chi connectivity index (χ1n) is 6.36. The topological polar surface area (TPSA) is 44.5 Å². The van der Waals surface area contributed by atoms with Gasteiger partial charge in [0.1, 0.15) is 11.5 Å². The Morgan fingerprint density at radius 2 is 1.75 bits per heavy atom. The van der Waals surface area contributed by atoms with Crippen LogP contribution in [-0.4, -0.2) is 14.2 Å². The van der Waals surface area contributed by atoms with Crippen LogP contribution >= 0.6 is 11.6 Å². The third-order valence-corrected chi connectivity index (χ3v) is 3.55. The molecule has 1 unspecified atom stereocenters.